The Balaban J connectivity index is 2.87. The number of rotatable bonds is 5. The Morgan fingerprint density at radius 3 is 2.08 bits per heavy atom. The monoisotopic (exact) mass is 409 g/mol. The van der Waals surface area contributed by atoms with Crippen LogP contribution < -0.4 is 0 Å². The van der Waals surface area contributed by atoms with Gasteiger partial charge in [-0.25, -0.2) is 4.79 Å². The maximum Gasteiger partial charge on any atom is 0.410 e. The minimum atomic E-state index is -3.63. The van der Waals surface area contributed by atoms with Crippen LogP contribution in [0.5, 0.6) is 0 Å². The molecule has 1 heterocycles. The maximum absolute atomic E-state index is 12.3. The Morgan fingerprint density at radius 1 is 1.12 bits per heavy atom. The minimum absolute atomic E-state index is 0.0453. The quantitative estimate of drug-likeness (QED) is 0.512. The largest absolute Gasteiger partial charge is 0.444 e. The number of hydrogen-bond acceptors (Lipinski definition) is 6. The molecule has 26 heavy (non-hydrogen) atoms. The first-order chi connectivity index (χ1) is 11.4. The van der Waals surface area contributed by atoms with Crippen LogP contribution in [0.15, 0.2) is 0 Å². The summed E-state index contributed by atoms with van der Waals surface area (Å²) in [6.07, 6.45) is -0.0637. The normalized spacial score (nSPS) is 22.6. The van der Waals surface area contributed by atoms with Crippen molar-refractivity contribution in [2.24, 2.45) is 5.92 Å². The highest BCUT2D eigenvalue weighted by Gasteiger charge is 2.43. The van der Waals surface area contributed by atoms with Crippen LogP contribution in [0.1, 0.15) is 41.5 Å². The van der Waals surface area contributed by atoms with Crippen molar-refractivity contribution >= 4 is 24.5 Å². The van der Waals surface area contributed by atoms with E-state index >= 15 is 0 Å². The molecule has 0 aromatic rings. The first-order valence-corrected chi connectivity index (χ1v) is 13.6. The van der Waals surface area contributed by atoms with Gasteiger partial charge in [-0.1, -0.05) is 20.8 Å². The lowest BCUT2D eigenvalue weighted by Crippen LogP contribution is -2.43. The molecule has 0 saturated carbocycles. The highest BCUT2D eigenvalue weighted by Crippen LogP contribution is 2.37. The first-order valence-electron chi connectivity index (χ1n) is 8.91. The molecule has 0 unspecified atom stereocenters. The fourth-order valence-electron chi connectivity index (χ4n) is 2.34. The molecule has 7 nitrogen and oxygen atoms in total. The summed E-state index contributed by atoms with van der Waals surface area (Å²) < 4.78 is 40.1. The van der Waals surface area contributed by atoms with Crippen molar-refractivity contribution in [3.63, 3.8) is 0 Å². The van der Waals surface area contributed by atoms with E-state index in [1.165, 1.54) is 4.90 Å². The molecule has 0 aliphatic carbocycles. The number of hydrogen-bond donors (Lipinski definition) is 0. The average Bonchev–Trinajstić information content (AvgIpc) is 2.74. The molecule has 0 aromatic carbocycles. The third-order valence-corrected chi connectivity index (χ3v) is 9.89. The molecule has 2 atom stereocenters. The first kappa shape index (κ1) is 23.4. The van der Waals surface area contributed by atoms with Gasteiger partial charge in [-0.05, 0) is 38.9 Å². The van der Waals surface area contributed by atoms with Gasteiger partial charge in [0.05, 0.1) is 12.8 Å². The van der Waals surface area contributed by atoms with Gasteiger partial charge in [0.25, 0.3) is 10.1 Å². The van der Waals surface area contributed by atoms with E-state index in [0.29, 0.717) is 13.2 Å². The smallest absolute Gasteiger partial charge is 0.410 e. The summed E-state index contributed by atoms with van der Waals surface area (Å²) in [5.41, 5.74) is -0.611. The van der Waals surface area contributed by atoms with E-state index in [1.54, 1.807) is 20.8 Å². The molecular formula is C17H35NO6SSi. The van der Waals surface area contributed by atoms with Gasteiger partial charge in [0.2, 0.25) is 0 Å². The van der Waals surface area contributed by atoms with Crippen LogP contribution in [0, 0.1) is 5.92 Å². The van der Waals surface area contributed by atoms with Crippen LogP contribution in [0.25, 0.3) is 0 Å². The number of ether oxygens (including phenoxy) is 1. The van der Waals surface area contributed by atoms with E-state index in [2.05, 4.69) is 33.9 Å². The standard InChI is InChI=1S/C17H35NO6SSi/c1-16(2,3)23-15(19)18-10-13(14(11-18)24-25(7,20)21)12-22-26(8,9)17(4,5)6/h13-14H,10-12H2,1-9H3/t13-,14+/m0/s1. The van der Waals surface area contributed by atoms with Gasteiger partial charge in [0, 0.05) is 19.1 Å². The summed E-state index contributed by atoms with van der Waals surface area (Å²) >= 11 is 0. The zero-order valence-electron chi connectivity index (χ0n) is 17.6. The van der Waals surface area contributed by atoms with E-state index < -0.39 is 36.2 Å². The summed E-state index contributed by atoms with van der Waals surface area (Å²) in [7, 11) is -5.62. The van der Waals surface area contributed by atoms with Gasteiger partial charge >= 0.3 is 6.09 Å². The van der Waals surface area contributed by atoms with Crippen molar-refractivity contribution in [3.8, 4) is 0 Å². The summed E-state index contributed by atoms with van der Waals surface area (Å²) in [6, 6.07) is 0. The molecule has 0 aromatic heterocycles. The molecule has 154 valence electrons. The van der Waals surface area contributed by atoms with Crippen LogP contribution >= 0.6 is 0 Å². The molecule has 1 aliphatic heterocycles. The second-order valence-corrected chi connectivity index (χ2v) is 16.0. The predicted molar refractivity (Wildman–Crippen MR) is 104 cm³/mol. The van der Waals surface area contributed by atoms with Gasteiger partial charge < -0.3 is 14.1 Å². The number of carbonyl (C=O) groups is 1. The van der Waals surface area contributed by atoms with E-state index in [4.69, 9.17) is 13.3 Å². The number of carbonyl (C=O) groups excluding carboxylic acids is 1. The van der Waals surface area contributed by atoms with Crippen LogP contribution in [-0.4, -0.2) is 65.4 Å². The third-order valence-electron chi connectivity index (χ3n) is 4.80. The van der Waals surface area contributed by atoms with Gasteiger partial charge in [0.15, 0.2) is 8.32 Å². The second-order valence-electron chi connectivity index (χ2n) is 9.56. The van der Waals surface area contributed by atoms with E-state index in [0.717, 1.165) is 6.26 Å². The molecule has 1 fully saturated rings. The zero-order valence-corrected chi connectivity index (χ0v) is 19.4. The van der Waals surface area contributed by atoms with Crippen LogP contribution in [-0.2, 0) is 23.5 Å². The van der Waals surface area contributed by atoms with Crippen molar-refractivity contribution in [1.82, 2.24) is 4.90 Å². The molecular weight excluding hydrogens is 374 g/mol. The summed E-state index contributed by atoms with van der Waals surface area (Å²) in [5.74, 6) is -0.216. The van der Waals surface area contributed by atoms with Gasteiger partial charge in [-0.2, -0.15) is 8.42 Å². The second kappa shape index (κ2) is 7.77. The molecule has 0 N–H and O–H groups in total. The SMILES string of the molecule is CC(C)(C)OC(=O)N1C[C@@H](CO[Si](C)(C)C(C)(C)C)[C@H](OS(C)(=O)=O)C1. The molecule has 1 aliphatic rings. The summed E-state index contributed by atoms with van der Waals surface area (Å²) in [6.45, 7) is 17.0. The molecule has 1 rings (SSSR count). The average molecular weight is 410 g/mol. The predicted octanol–water partition coefficient (Wildman–Crippen LogP) is 3.22. The highest BCUT2D eigenvalue weighted by molar-refractivity contribution is 7.86. The maximum atomic E-state index is 12.3. The number of nitrogens with zero attached hydrogens (tertiary/aromatic N) is 1. The van der Waals surface area contributed by atoms with Gasteiger partial charge in [-0.3, -0.25) is 4.18 Å². The van der Waals surface area contributed by atoms with Crippen LogP contribution in [0.2, 0.25) is 18.1 Å². The number of amides is 1. The molecule has 0 bridgehead atoms. The van der Waals surface area contributed by atoms with Crippen LogP contribution in [0.3, 0.4) is 0 Å². The lowest BCUT2D eigenvalue weighted by molar-refractivity contribution is 0.0274. The van der Waals surface area contributed by atoms with Crippen molar-refractivity contribution in [2.45, 2.75) is 71.4 Å². The Hall–Kier alpha value is -0.643. The minimum Gasteiger partial charge on any atom is -0.444 e. The molecule has 9 heteroatoms. The molecule has 1 saturated heterocycles. The van der Waals surface area contributed by atoms with Crippen molar-refractivity contribution in [2.75, 3.05) is 26.0 Å². The fraction of sp³-hybridized carbons (Fsp3) is 0.941. The lowest BCUT2D eigenvalue weighted by atomic mass is 10.1. The third kappa shape index (κ3) is 7.17. The van der Waals surface area contributed by atoms with Gasteiger partial charge in [0.1, 0.15) is 11.7 Å². The Labute approximate surface area is 159 Å². The van der Waals surface area contributed by atoms with Crippen molar-refractivity contribution in [3.05, 3.63) is 0 Å². The van der Waals surface area contributed by atoms with E-state index in [-0.39, 0.29) is 17.5 Å². The van der Waals surface area contributed by atoms with Crippen LogP contribution in [0.4, 0.5) is 4.79 Å². The van der Waals surface area contributed by atoms with E-state index in [1.807, 2.05) is 0 Å². The van der Waals surface area contributed by atoms with Crippen molar-refractivity contribution in [1.29, 1.82) is 0 Å². The Kier molecular flexibility index (Phi) is 6.99. The molecule has 1 amide bonds. The van der Waals surface area contributed by atoms with E-state index in [9.17, 15) is 13.2 Å². The Morgan fingerprint density at radius 2 is 1.65 bits per heavy atom. The summed E-state index contributed by atoms with van der Waals surface area (Å²) in [5, 5.41) is 0.0453. The summed E-state index contributed by atoms with van der Waals surface area (Å²) in [4.78, 5) is 13.8. The van der Waals surface area contributed by atoms with Crippen molar-refractivity contribution < 1.29 is 26.6 Å². The zero-order chi connectivity index (χ0) is 20.6. The topological polar surface area (TPSA) is 82.1 Å². The number of likely N-dealkylation sites (tertiary alicyclic amines) is 1. The lowest BCUT2D eigenvalue weighted by Gasteiger charge is -2.37. The highest BCUT2D eigenvalue weighted by atomic mass is 32.2. The Bertz CT molecular complexity index is 606. The van der Waals surface area contributed by atoms with Gasteiger partial charge in [-0.15, -0.1) is 0 Å². The molecule has 0 radical (unpaired) electrons. The molecule has 0 spiro atoms. The fourth-order valence-corrected chi connectivity index (χ4v) is 4.07.